The van der Waals surface area contributed by atoms with E-state index in [9.17, 15) is 14.4 Å². The van der Waals surface area contributed by atoms with Gasteiger partial charge < -0.3 is 31.7 Å². The maximum atomic E-state index is 12.0. The Morgan fingerprint density at radius 1 is 1.00 bits per heavy atom. The fourth-order valence-corrected chi connectivity index (χ4v) is 1.52. The number of carboxylic acids is 1. The lowest BCUT2D eigenvalue weighted by Gasteiger charge is -2.23. The van der Waals surface area contributed by atoms with E-state index in [1.165, 1.54) is 0 Å². The highest BCUT2D eigenvalue weighted by atomic mass is 16.4. The zero-order chi connectivity index (χ0) is 16.6. The van der Waals surface area contributed by atoms with Gasteiger partial charge in [0.2, 0.25) is 11.8 Å². The number of carbonyl (C=O) groups excluding carboxylic acids is 2. The molecule has 0 aliphatic carbocycles. The number of hydrogen-bond acceptors (Lipinski definition) is 6. The van der Waals surface area contributed by atoms with Crippen LogP contribution in [-0.2, 0) is 14.4 Å². The molecule has 0 heterocycles. The number of nitrogens with two attached hydrogens (primary N) is 1. The summed E-state index contributed by atoms with van der Waals surface area (Å²) >= 11 is 0. The molecule has 2 amide bonds. The Morgan fingerprint density at radius 3 is 1.90 bits per heavy atom. The van der Waals surface area contributed by atoms with Crippen molar-refractivity contribution in [2.45, 2.75) is 38.4 Å². The highest BCUT2D eigenvalue weighted by Gasteiger charge is 2.27. The van der Waals surface area contributed by atoms with Gasteiger partial charge in [0.05, 0.1) is 13.2 Å². The van der Waals surface area contributed by atoms with Gasteiger partial charge in [-0.15, -0.1) is 0 Å². The average Bonchev–Trinajstić information content (AvgIpc) is 2.41. The summed E-state index contributed by atoms with van der Waals surface area (Å²) in [4.78, 5) is 34.4. The first-order valence-electron chi connectivity index (χ1n) is 6.53. The molecule has 0 fully saturated rings. The van der Waals surface area contributed by atoms with E-state index in [0.29, 0.717) is 0 Å². The van der Waals surface area contributed by atoms with Crippen molar-refractivity contribution in [1.29, 1.82) is 0 Å². The van der Waals surface area contributed by atoms with Crippen LogP contribution in [0.4, 0.5) is 0 Å². The van der Waals surface area contributed by atoms with E-state index in [-0.39, 0.29) is 12.3 Å². The minimum atomic E-state index is -1.45. The van der Waals surface area contributed by atoms with Crippen molar-refractivity contribution < 1.29 is 29.7 Å². The van der Waals surface area contributed by atoms with Crippen LogP contribution in [0.25, 0.3) is 0 Å². The van der Waals surface area contributed by atoms with E-state index in [4.69, 9.17) is 21.1 Å². The number of aliphatic carboxylic acids is 1. The molecule has 0 bridgehead atoms. The van der Waals surface area contributed by atoms with Crippen LogP contribution >= 0.6 is 0 Å². The third kappa shape index (κ3) is 7.02. The summed E-state index contributed by atoms with van der Waals surface area (Å²) in [5, 5.41) is 30.9. The monoisotopic (exact) mass is 305 g/mol. The fraction of sp³-hybridized carbons (Fsp3) is 0.750. The van der Waals surface area contributed by atoms with Gasteiger partial charge in [0.25, 0.3) is 0 Å². The summed E-state index contributed by atoms with van der Waals surface area (Å²) < 4.78 is 0. The van der Waals surface area contributed by atoms with Crippen molar-refractivity contribution in [3.8, 4) is 0 Å². The van der Waals surface area contributed by atoms with Crippen molar-refractivity contribution in [1.82, 2.24) is 10.6 Å². The van der Waals surface area contributed by atoms with Crippen LogP contribution in [0, 0.1) is 5.92 Å². The van der Waals surface area contributed by atoms with Gasteiger partial charge in [-0.25, -0.2) is 4.79 Å². The van der Waals surface area contributed by atoms with Crippen LogP contribution in [0.2, 0.25) is 0 Å². The Labute approximate surface area is 122 Å². The molecule has 3 atom stereocenters. The van der Waals surface area contributed by atoms with Crippen LogP contribution in [0.15, 0.2) is 0 Å². The van der Waals surface area contributed by atoms with E-state index < -0.39 is 49.1 Å². The van der Waals surface area contributed by atoms with Crippen molar-refractivity contribution in [2.75, 3.05) is 13.2 Å². The molecule has 0 saturated carbocycles. The number of amides is 2. The second kappa shape index (κ2) is 9.27. The van der Waals surface area contributed by atoms with Crippen molar-refractivity contribution >= 4 is 17.8 Å². The molecule has 0 spiro atoms. The molecule has 122 valence electrons. The highest BCUT2D eigenvalue weighted by Crippen LogP contribution is 2.06. The Hall–Kier alpha value is -1.71. The zero-order valence-electron chi connectivity index (χ0n) is 12.1. The number of carboxylic acid groups (broad SMARTS) is 1. The Morgan fingerprint density at radius 2 is 1.52 bits per heavy atom. The molecule has 9 nitrogen and oxygen atoms in total. The number of rotatable bonds is 9. The lowest BCUT2D eigenvalue weighted by atomic mass is 10.0. The van der Waals surface area contributed by atoms with Gasteiger partial charge in [-0.1, -0.05) is 13.8 Å². The predicted molar refractivity (Wildman–Crippen MR) is 73.1 cm³/mol. The van der Waals surface area contributed by atoms with Crippen LogP contribution < -0.4 is 16.4 Å². The number of nitrogens with one attached hydrogen (secondary N) is 2. The predicted octanol–water partition coefficient (Wildman–Crippen LogP) is -2.60. The molecule has 0 aromatic heterocycles. The van der Waals surface area contributed by atoms with Crippen LogP contribution in [0.5, 0.6) is 0 Å². The Balaban J connectivity index is 4.84. The summed E-state index contributed by atoms with van der Waals surface area (Å²) in [5.74, 6) is -2.78. The van der Waals surface area contributed by atoms with E-state index in [2.05, 4.69) is 10.6 Å². The van der Waals surface area contributed by atoms with Gasteiger partial charge >= 0.3 is 5.97 Å². The third-order valence-electron chi connectivity index (χ3n) is 2.67. The van der Waals surface area contributed by atoms with E-state index in [1.807, 2.05) is 13.8 Å². The van der Waals surface area contributed by atoms with E-state index >= 15 is 0 Å². The first-order chi connectivity index (χ1) is 9.72. The fourth-order valence-electron chi connectivity index (χ4n) is 1.52. The summed E-state index contributed by atoms with van der Waals surface area (Å²) in [6.07, 6.45) is 0.257. The smallest absolute Gasteiger partial charge is 0.328 e. The maximum Gasteiger partial charge on any atom is 0.328 e. The topological polar surface area (TPSA) is 162 Å². The van der Waals surface area contributed by atoms with Crippen molar-refractivity contribution in [3.05, 3.63) is 0 Å². The van der Waals surface area contributed by atoms with Gasteiger partial charge in [-0.2, -0.15) is 0 Å². The van der Waals surface area contributed by atoms with E-state index in [0.717, 1.165) is 0 Å². The first-order valence-corrected chi connectivity index (χ1v) is 6.53. The highest BCUT2D eigenvalue weighted by molar-refractivity contribution is 5.91. The molecule has 21 heavy (non-hydrogen) atoms. The summed E-state index contributed by atoms with van der Waals surface area (Å²) in [7, 11) is 0. The van der Waals surface area contributed by atoms with Crippen molar-refractivity contribution in [3.63, 3.8) is 0 Å². The number of carbonyl (C=O) groups is 3. The van der Waals surface area contributed by atoms with Gasteiger partial charge in [-0.05, 0) is 12.3 Å². The van der Waals surface area contributed by atoms with Crippen LogP contribution in [0.3, 0.4) is 0 Å². The molecule has 0 aliphatic heterocycles. The van der Waals surface area contributed by atoms with Gasteiger partial charge in [0.15, 0.2) is 0 Å². The second-order valence-electron chi connectivity index (χ2n) is 5.06. The molecular formula is C12H23N3O6. The number of hydrogen-bond donors (Lipinski definition) is 6. The standard InChI is InChI=1S/C12H23N3O6/c1-6(2)3-8(14-10(18)7(13)4-16)11(19)15-9(5-17)12(20)21/h6-9,16-17H,3-5,13H2,1-2H3,(H,14,18)(H,15,19)(H,20,21). The molecule has 0 saturated heterocycles. The van der Waals surface area contributed by atoms with Gasteiger partial charge in [0, 0.05) is 0 Å². The summed E-state index contributed by atoms with van der Waals surface area (Å²) in [5.41, 5.74) is 5.34. The third-order valence-corrected chi connectivity index (χ3v) is 2.67. The maximum absolute atomic E-state index is 12.0. The molecule has 9 heteroatoms. The summed E-state index contributed by atoms with van der Waals surface area (Å²) in [6, 6.07) is -3.61. The number of aliphatic hydroxyl groups excluding tert-OH is 2. The van der Waals surface area contributed by atoms with Gasteiger partial charge in [-0.3, -0.25) is 9.59 Å². The molecule has 7 N–H and O–H groups in total. The minimum absolute atomic E-state index is 0.0452. The molecule has 0 rings (SSSR count). The Bertz CT molecular complexity index is 374. The Kier molecular flexibility index (Phi) is 8.51. The SMILES string of the molecule is CC(C)CC(NC(=O)C(N)CO)C(=O)NC(CO)C(=O)O. The molecular weight excluding hydrogens is 282 g/mol. The molecule has 3 unspecified atom stereocenters. The van der Waals surface area contributed by atoms with Crippen molar-refractivity contribution in [2.24, 2.45) is 11.7 Å². The lowest BCUT2D eigenvalue weighted by Crippen LogP contribution is -2.56. The molecule has 0 aromatic rings. The largest absolute Gasteiger partial charge is 0.480 e. The molecule has 0 aromatic carbocycles. The molecule has 0 aliphatic rings. The van der Waals surface area contributed by atoms with Crippen LogP contribution in [-0.4, -0.2) is 64.4 Å². The normalized spacial score (nSPS) is 15.1. The number of aliphatic hydroxyl groups is 2. The summed E-state index contributed by atoms with van der Waals surface area (Å²) in [6.45, 7) is 2.30. The second-order valence-corrected chi connectivity index (χ2v) is 5.06. The van der Waals surface area contributed by atoms with Crippen LogP contribution in [0.1, 0.15) is 20.3 Å². The zero-order valence-corrected chi connectivity index (χ0v) is 12.1. The van der Waals surface area contributed by atoms with E-state index in [1.54, 1.807) is 0 Å². The lowest BCUT2D eigenvalue weighted by molar-refractivity contribution is -0.143. The quantitative estimate of drug-likeness (QED) is 0.272. The average molecular weight is 305 g/mol. The molecule has 0 radical (unpaired) electrons. The minimum Gasteiger partial charge on any atom is -0.480 e. The first kappa shape index (κ1) is 19.3. The van der Waals surface area contributed by atoms with Gasteiger partial charge in [0.1, 0.15) is 18.1 Å².